The molecule has 1 heterocycles. The molecule has 2 N–H and O–H groups in total. The molecule has 2 amide bonds. The first-order valence-electron chi connectivity index (χ1n) is 10.1. The number of esters is 1. The number of nitrogens with one attached hydrogen (secondary N) is 2. The minimum absolute atomic E-state index is 0.0278. The van der Waals surface area contributed by atoms with Crippen LogP contribution in [0, 0.1) is 5.92 Å². The molecule has 1 unspecified atom stereocenters. The van der Waals surface area contributed by atoms with Gasteiger partial charge in [0.15, 0.2) is 0 Å². The number of carbonyl (C=O) groups excluding carboxylic acids is 3. The van der Waals surface area contributed by atoms with Crippen molar-refractivity contribution in [1.29, 1.82) is 0 Å². The molecule has 1 atom stereocenters. The van der Waals surface area contributed by atoms with Crippen LogP contribution in [0.15, 0.2) is 24.3 Å². The van der Waals surface area contributed by atoms with Crippen molar-refractivity contribution in [3.63, 3.8) is 0 Å². The van der Waals surface area contributed by atoms with E-state index >= 15 is 0 Å². The third-order valence-corrected chi connectivity index (χ3v) is 4.36. The van der Waals surface area contributed by atoms with E-state index in [1.54, 1.807) is 0 Å². The Morgan fingerprint density at radius 3 is 2.66 bits per heavy atom. The van der Waals surface area contributed by atoms with Gasteiger partial charge in [-0.1, -0.05) is 20.8 Å². The van der Waals surface area contributed by atoms with E-state index in [-0.39, 0.29) is 30.7 Å². The lowest BCUT2D eigenvalue weighted by Gasteiger charge is -2.34. The highest BCUT2D eigenvalue weighted by atomic mass is 16.5. The molecule has 2 rings (SSSR count). The number of hydrogen-bond donors (Lipinski definition) is 2. The van der Waals surface area contributed by atoms with E-state index in [9.17, 15) is 14.4 Å². The van der Waals surface area contributed by atoms with Gasteiger partial charge in [-0.15, -0.1) is 0 Å². The highest BCUT2D eigenvalue weighted by Gasteiger charge is 2.34. The zero-order valence-electron chi connectivity index (χ0n) is 17.4. The van der Waals surface area contributed by atoms with E-state index < -0.39 is 12.0 Å². The summed E-state index contributed by atoms with van der Waals surface area (Å²) in [4.78, 5) is 38.4. The predicted molar refractivity (Wildman–Crippen MR) is 110 cm³/mol. The molecule has 160 valence electrons. The summed E-state index contributed by atoms with van der Waals surface area (Å²) in [6.45, 7) is 7.61. The van der Waals surface area contributed by atoms with Crippen molar-refractivity contribution in [1.82, 2.24) is 10.2 Å². The summed E-state index contributed by atoms with van der Waals surface area (Å²) in [6.07, 6.45) is 0.790. The molecule has 0 aromatic heterocycles. The first kappa shape index (κ1) is 22.5. The summed E-state index contributed by atoms with van der Waals surface area (Å²) in [5, 5.41) is 5.77. The maximum atomic E-state index is 12.7. The quantitative estimate of drug-likeness (QED) is 0.576. The number of rotatable bonds is 10. The molecule has 8 heteroatoms. The molecule has 29 heavy (non-hydrogen) atoms. The minimum Gasteiger partial charge on any atom is -0.494 e. The van der Waals surface area contributed by atoms with Crippen LogP contribution in [0.1, 0.15) is 33.6 Å². The third-order valence-electron chi connectivity index (χ3n) is 4.36. The lowest BCUT2D eigenvalue weighted by Crippen LogP contribution is -2.58. The van der Waals surface area contributed by atoms with Crippen LogP contribution < -0.4 is 15.4 Å². The summed E-state index contributed by atoms with van der Waals surface area (Å²) < 4.78 is 10.7. The Morgan fingerprint density at radius 2 is 2.00 bits per heavy atom. The molecule has 0 radical (unpaired) electrons. The SMILES string of the molecule is CCCOc1ccc(NCC(=O)N2CCNC(=O)C2CC(=O)OCC(C)C)cc1. The van der Waals surface area contributed by atoms with Crippen LogP contribution in [0.3, 0.4) is 0 Å². The predicted octanol–water partition coefficient (Wildman–Crippen LogP) is 1.80. The third kappa shape index (κ3) is 7.29. The Kier molecular flexibility index (Phi) is 8.76. The molecule has 1 aliphatic rings. The van der Waals surface area contributed by atoms with E-state index in [1.165, 1.54) is 4.90 Å². The van der Waals surface area contributed by atoms with Crippen LogP contribution in [0.4, 0.5) is 5.69 Å². The average molecular weight is 405 g/mol. The molecular weight excluding hydrogens is 374 g/mol. The summed E-state index contributed by atoms with van der Waals surface area (Å²) >= 11 is 0. The minimum atomic E-state index is -0.845. The number of amides is 2. The molecule has 8 nitrogen and oxygen atoms in total. The van der Waals surface area contributed by atoms with Gasteiger partial charge in [-0.2, -0.15) is 0 Å². The van der Waals surface area contributed by atoms with Crippen LogP contribution in [-0.4, -0.2) is 61.6 Å². The summed E-state index contributed by atoms with van der Waals surface area (Å²) in [6, 6.07) is 6.50. The Hall–Kier alpha value is -2.77. The van der Waals surface area contributed by atoms with Crippen LogP contribution in [-0.2, 0) is 19.1 Å². The zero-order chi connectivity index (χ0) is 21.2. The van der Waals surface area contributed by atoms with E-state index in [0.29, 0.717) is 26.3 Å². The largest absolute Gasteiger partial charge is 0.494 e. The van der Waals surface area contributed by atoms with E-state index in [4.69, 9.17) is 9.47 Å². The molecule has 0 saturated carbocycles. The van der Waals surface area contributed by atoms with Gasteiger partial charge in [0.2, 0.25) is 11.8 Å². The molecule has 1 saturated heterocycles. The maximum absolute atomic E-state index is 12.7. The second-order valence-electron chi connectivity index (χ2n) is 7.40. The van der Waals surface area contributed by atoms with Crippen LogP contribution >= 0.6 is 0 Å². The number of piperazine rings is 1. The fourth-order valence-corrected chi connectivity index (χ4v) is 2.86. The van der Waals surface area contributed by atoms with Crippen molar-refractivity contribution in [2.45, 2.75) is 39.7 Å². The first-order chi connectivity index (χ1) is 13.9. The highest BCUT2D eigenvalue weighted by molar-refractivity contribution is 5.93. The standard InChI is InChI=1S/C21H31N3O5/c1-4-11-28-17-7-5-16(6-8-17)23-13-19(25)24-10-9-22-21(27)18(24)12-20(26)29-14-15(2)3/h5-8,15,18,23H,4,9-14H2,1-3H3,(H,22,27). The van der Waals surface area contributed by atoms with E-state index in [1.807, 2.05) is 45.0 Å². The average Bonchev–Trinajstić information content (AvgIpc) is 2.71. The summed E-state index contributed by atoms with van der Waals surface area (Å²) in [7, 11) is 0. The van der Waals surface area contributed by atoms with Gasteiger partial charge >= 0.3 is 5.97 Å². The molecule has 1 aromatic carbocycles. The van der Waals surface area contributed by atoms with Crippen LogP contribution in [0.25, 0.3) is 0 Å². The van der Waals surface area contributed by atoms with Gasteiger partial charge in [-0.05, 0) is 36.6 Å². The number of hydrogen-bond acceptors (Lipinski definition) is 6. The fourth-order valence-electron chi connectivity index (χ4n) is 2.86. The van der Waals surface area contributed by atoms with Crippen molar-refractivity contribution >= 4 is 23.5 Å². The zero-order valence-corrected chi connectivity index (χ0v) is 17.4. The Labute approximate surface area is 171 Å². The van der Waals surface area contributed by atoms with Gasteiger partial charge in [-0.3, -0.25) is 14.4 Å². The topological polar surface area (TPSA) is 97.0 Å². The van der Waals surface area contributed by atoms with Gasteiger partial charge in [0.1, 0.15) is 11.8 Å². The van der Waals surface area contributed by atoms with Crippen molar-refractivity contribution in [2.24, 2.45) is 5.92 Å². The molecule has 1 fully saturated rings. The Balaban J connectivity index is 1.90. The van der Waals surface area contributed by atoms with Gasteiger partial charge in [0, 0.05) is 18.8 Å². The monoisotopic (exact) mass is 405 g/mol. The number of ether oxygens (including phenoxy) is 2. The van der Waals surface area contributed by atoms with Crippen molar-refractivity contribution < 1.29 is 23.9 Å². The molecule has 1 aromatic rings. The van der Waals surface area contributed by atoms with Gasteiger partial charge < -0.3 is 25.0 Å². The summed E-state index contributed by atoms with van der Waals surface area (Å²) in [5.74, 6) is -0.0678. The molecule has 0 bridgehead atoms. The van der Waals surface area contributed by atoms with Crippen molar-refractivity contribution in [2.75, 3.05) is 38.2 Å². The van der Waals surface area contributed by atoms with E-state index in [0.717, 1.165) is 17.9 Å². The van der Waals surface area contributed by atoms with Crippen molar-refractivity contribution in [3.05, 3.63) is 24.3 Å². The molecule has 0 aliphatic carbocycles. The van der Waals surface area contributed by atoms with E-state index in [2.05, 4.69) is 10.6 Å². The number of benzene rings is 1. The fraction of sp³-hybridized carbons (Fsp3) is 0.571. The smallest absolute Gasteiger partial charge is 0.308 e. The number of anilines is 1. The van der Waals surface area contributed by atoms with Gasteiger partial charge in [0.25, 0.3) is 0 Å². The second-order valence-corrected chi connectivity index (χ2v) is 7.40. The number of carbonyl (C=O) groups is 3. The second kappa shape index (κ2) is 11.3. The molecule has 0 spiro atoms. The lowest BCUT2D eigenvalue weighted by molar-refractivity contribution is -0.152. The van der Waals surface area contributed by atoms with Crippen molar-refractivity contribution in [3.8, 4) is 5.75 Å². The lowest BCUT2D eigenvalue weighted by atomic mass is 10.1. The van der Waals surface area contributed by atoms with Gasteiger partial charge in [0.05, 0.1) is 26.2 Å². The Morgan fingerprint density at radius 1 is 1.28 bits per heavy atom. The Bertz CT molecular complexity index is 690. The van der Waals surface area contributed by atoms with Crippen LogP contribution in [0.2, 0.25) is 0 Å². The summed E-state index contributed by atoms with van der Waals surface area (Å²) in [5.41, 5.74) is 0.775. The normalized spacial score (nSPS) is 16.3. The first-order valence-corrected chi connectivity index (χ1v) is 10.1. The van der Waals surface area contributed by atoms with Gasteiger partial charge in [-0.25, -0.2) is 0 Å². The molecule has 1 aliphatic heterocycles. The number of nitrogens with zero attached hydrogens (tertiary/aromatic N) is 1. The van der Waals surface area contributed by atoms with Crippen LogP contribution in [0.5, 0.6) is 5.75 Å². The highest BCUT2D eigenvalue weighted by Crippen LogP contribution is 2.16. The maximum Gasteiger partial charge on any atom is 0.308 e. The molecular formula is C21H31N3O5.